The van der Waals surface area contributed by atoms with Crippen LogP contribution in [0.5, 0.6) is 11.5 Å². The molecule has 0 aliphatic carbocycles. The third kappa shape index (κ3) is 3.99. The van der Waals surface area contributed by atoms with Gasteiger partial charge in [0.05, 0.1) is 19.4 Å². The molecule has 0 bridgehead atoms. The van der Waals surface area contributed by atoms with Crippen molar-refractivity contribution in [2.24, 2.45) is 0 Å². The lowest BCUT2D eigenvalue weighted by Gasteiger charge is -2.27. The summed E-state index contributed by atoms with van der Waals surface area (Å²) in [6.45, 7) is 5.94. The number of rotatable bonds is 5. The van der Waals surface area contributed by atoms with Gasteiger partial charge in [-0.25, -0.2) is 9.69 Å². The van der Waals surface area contributed by atoms with Crippen molar-refractivity contribution in [2.45, 2.75) is 20.8 Å². The molecule has 1 aliphatic heterocycles. The Bertz CT molecular complexity index is 1030. The highest BCUT2D eigenvalue weighted by atomic mass is 16.5. The molecule has 0 atom stereocenters. The van der Waals surface area contributed by atoms with E-state index in [1.54, 1.807) is 31.2 Å². The second kappa shape index (κ2) is 8.18. The summed E-state index contributed by atoms with van der Waals surface area (Å²) in [5.74, 6) is -0.382. The Morgan fingerprint density at radius 1 is 1.03 bits per heavy atom. The van der Waals surface area contributed by atoms with Crippen molar-refractivity contribution in [3.05, 3.63) is 58.7 Å². The van der Waals surface area contributed by atoms with Gasteiger partial charge in [-0.3, -0.25) is 14.9 Å². The number of barbiturate groups is 1. The van der Waals surface area contributed by atoms with Crippen molar-refractivity contribution in [3.63, 3.8) is 0 Å². The molecular formula is C22H22N2O5. The molecular weight excluding hydrogens is 372 g/mol. The Labute approximate surface area is 168 Å². The number of ether oxygens (including phenoxy) is 2. The van der Waals surface area contributed by atoms with Gasteiger partial charge in [0.2, 0.25) is 0 Å². The first-order valence-corrected chi connectivity index (χ1v) is 9.15. The van der Waals surface area contributed by atoms with E-state index in [0.29, 0.717) is 29.4 Å². The predicted octanol–water partition coefficient (Wildman–Crippen LogP) is 3.38. The number of hydrogen-bond donors (Lipinski definition) is 1. The highest BCUT2D eigenvalue weighted by Gasteiger charge is 2.37. The normalized spacial score (nSPS) is 15.5. The number of hydrogen-bond acceptors (Lipinski definition) is 5. The topological polar surface area (TPSA) is 84.9 Å². The van der Waals surface area contributed by atoms with E-state index < -0.39 is 17.8 Å². The van der Waals surface area contributed by atoms with Crippen LogP contribution in [0.4, 0.5) is 10.5 Å². The van der Waals surface area contributed by atoms with Gasteiger partial charge >= 0.3 is 6.03 Å². The van der Waals surface area contributed by atoms with Crippen LogP contribution in [0.2, 0.25) is 0 Å². The van der Waals surface area contributed by atoms with Gasteiger partial charge in [-0.2, -0.15) is 0 Å². The second-order valence-corrected chi connectivity index (χ2v) is 6.59. The zero-order chi connectivity index (χ0) is 21.1. The Balaban J connectivity index is 2.04. The molecule has 1 heterocycles. The molecule has 7 nitrogen and oxygen atoms in total. The molecule has 1 aliphatic rings. The van der Waals surface area contributed by atoms with Crippen LogP contribution in [0.1, 0.15) is 23.6 Å². The number of imide groups is 2. The van der Waals surface area contributed by atoms with E-state index in [2.05, 4.69) is 5.32 Å². The van der Waals surface area contributed by atoms with Crippen molar-refractivity contribution < 1.29 is 23.9 Å². The fourth-order valence-electron chi connectivity index (χ4n) is 3.05. The Kier molecular flexibility index (Phi) is 5.68. The quantitative estimate of drug-likeness (QED) is 0.621. The largest absolute Gasteiger partial charge is 0.493 e. The molecule has 150 valence electrons. The smallest absolute Gasteiger partial charge is 0.335 e. The molecule has 0 radical (unpaired) electrons. The van der Waals surface area contributed by atoms with Gasteiger partial charge in [0, 0.05) is 0 Å². The SMILES string of the molecule is CCOc1cc(/C=C2\C(=O)NC(=O)N(c3cc(C)ccc3C)C2=O)ccc1OC. The molecule has 0 aromatic heterocycles. The third-order valence-electron chi connectivity index (χ3n) is 4.51. The molecule has 1 saturated heterocycles. The van der Waals surface area contributed by atoms with Crippen LogP contribution in [-0.2, 0) is 9.59 Å². The summed E-state index contributed by atoms with van der Waals surface area (Å²) in [5.41, 5.74) is 2.51. The first-order valence-electron chi connectivity index (χ1n) is 9.15. The molecule has 1 N–H and O–H groups in total. The molecule has 1 fully saturated rings. The number of carbonyl (C=O) groups excluding carboxylic acids is 3. The second-order valence-electron chi connectivity index (χ2n) is 6.59. The Hall–Kier alpha value is -3.61. The van der Waals surface area contributed by atoms with Crippen LogP contribution in [-0.4, -0.2) is 31.6 Å². The van der Waals surface area contributed by atoms with Gasteiger partial charge in [0.1, 0.15) is 5.57 Å². The summed E-state index contributed by atoms with van der Waals surface area (Å²) in [6.07, 6.45) is 1.43. The Morgan fingerprint density at radius 2 is 1.79 bits per heavy atom. The number of urea groups is 1. The summed E-state index contributed by atoms with van der Waals surface area (Å²) in [6, 6.07) is 9.75. The van der Waals surface area contributed by atoms with E-state index in [-0.39, 0.29) is 5.57 Å². The number of nitrogens with zero attached hydrogens (tertiary/aromatic N) is 1. The van der Waals surface area contributed by atoms with E-state index in [9.17, 15) is 14.4 Å². The first-order chi connectivity index (χ1) is 13.8. The molecule has 0 spiro atoms. The van der Waals surface area contributed by atoms with Crippen LogP contribution in [0.25, 0.3) is 6.08 Å². The van der Waals surface area contributed by atoms with Gasteiger partial charge in [-0.15, -0.1) is 0 Å². The van der Waals surface area contributed by atoms with E-state index in [1.807, 2.05) is 26.0 Å². The van der Waals surface area contributed by atoms with Crippen molar-refractivity contribution in [1.82, 2.24) is 5.32 Å². The highest BCUT2D eigenvalue weighted by molar-refractivity contribution is 6.39. The number of anilines is 1. The average molecular weight is 394 g/mol. The number of benzene rings is 2. The lowest BCUT2D eigenvalue weighted by molar-refractivity contribution is -0.122. The molecule has 0 unspecified atom stereocenters. The zero-order valence-electron chi connectivity index (χ0n) is 16.7. The molecule has 7 heteroatoms. The molecule has 0 saturated carbocycles. The number of nitrogens with one attached hydrogen (secondary N) is 1. The number of carbonyl (C=O) groups is 3. The van der Waals surface area contributed by atoms with Crippen LogP contribution < -0.4 is 19.7 Å². The van der Waals surface area contributed by atoms with Gasteiger partial charge in [-0.1, -0.05) is 18.2 Å². The molecule has 3 rings (SSSR count). The van der Waals surface area contributed by atoms with E-state index >= 15 is 0 Å². The monoisotopic (exact) mass is 394 g/mol. The predicted molar refractivity (Wildman–Crippen MR) is 109 cm³/mol. The molecule has 29 heavy (non-hydrogen) atoms. The van der Waals surface area contributed by atoms with Crippen LogP contribution in [0.3, 0.4) is 0 Å². The van der Waals surface area contributed by atoms with Gasteiger partial charge < -0.3 is 9.47 Å². The fourth-order valence-corrected chi connectivity index (χ4v) is 3.05. The maximum atomic E-state index is 13.1. The third-order valence-corrected chi connectivity index (χ3v) is 4.51. The minimum Gasteiger partial charge on any atom is -0.493 e. The minimum atomic E-state index is -0.768. The van der Waals surface area contributed by atoms with Crippen LogP contribution in [0, 0.1) is 13.8 Å². The number of methoxy groups -OCH3 is 1. The van der Waals surface area contributed by atoms with Gasteiger partial charge in [0.25, 0.3) is 11.8 Å². The van der Waals surface area contributed by atoms with Crippen molar-refractivity contribution >= 4 is 29.6 Å². The van der Waals surface area contributed by atoms with Gasteiger partial charge in [0.15, 0.2) is 11.5 Å². The first kappa shape index (κ1) is 20.1. The molecule has 2 aromatic carbocycles. The average Bonchev–Trinajstić information content (AvgIpc) is 2.68. The summed E-state index contributed by atoms with van der Waals surface area (Å²) < 4.78 is 10.8. The number of aryl methyl sites for hydroxylation is 2. The van der Waals surface area contributed by atoms with E-state index in [4.69, 9.17) is 9.47 Å². The maximum absolute atomic E-state index is 13.1. The standard InChI is InChI=1S/C22H22N2O5/c1-5-29-19-12-15(8-9-18(19)28-4)11-16-20(25)23-22(27)24(21(16)26)17-10-13(2)6-7-14(17)3/h6-12H,5H2,1-4H3,(H,23,25,27)/b16-11+. The van der Waals surface area contributed by atoms with Gasteiger partial charge in [-0.05, 0) is 61.7 Å². The molecule has 4 amide bonds. The van der Waals surface area contributed by atoms with Crippen LogP contribution in [0.15, 0.2) is 42.0 Å². The maximum Gasteiger partial charge on any atom is 0.335 e. The lowest BCUT2D eigenvalue weighted by Crippen LogP contribution is -2.54. The summed E-state index contributed by atoms with van der Waals surface area (Å²) in [7, 11) is 1.53. The summed E-state index contributed by atoms with van der Waals surface area (Å²) in [5, 5.41) is 2.24. The van der Waals surface area contributed by atoms with Crippen molar-refractivity contribution in [3.8, 4) is 11.5 Å². The van der Waals surface area contributed by atoms with Crippen molar-refractivity contribution in [1.29, 1.82) is 0 Å². The van der Waals surface area contributed by atoms with Crippen molar-refractivity contribution in [2.75, 3.05) is 18.6 Å². The van der Waals surface area contributed by atoms with E-state index in [1.165, 1.54) is 13.2 Å². The Morgan fingerprint density at radius 3 is 2.48 bits per heavy atom. The zero-order valence-corrected chi connectivity index (χ0v) is 16.7. The molecule has 2 aromatic rings. The van der Waals surface area contributed by atoms with Crippen LogP contribution >= 0.6 is 0 Å². The summed E-state index contributed by atoms with van der Waals surface area (Å²) in [4.78, 5) is 38.8. The fraction of sp³-hybridized carbons (Fsp3) is 0.227. The lowest BCUT2D eigenvalue weighted by atomic mass is 10.0. The summed E-state index contributed by atoms with van der Waals surface area (Å²) >= 11 is 0. The number of amides is 4. The highest BCUT2D eigenvalue weighted by Crippen LogP contribution is 2.30. The van der Waals surface area contributed by atoms with E-state index in [0.717, 1.165) is 16.0 Å². The minimum absolute atomic E-state index is 0.141.